The standard InChI is InChI=1S/C13H26N6OS/c1-6-8-14-11-16-12(18-13(17-11)19(3)4)15-10(2)7-9-21(5)20/h10H,6-9H2,1-5H3,(H2,14,15,16,17,18). The highest BCUT2D eigenvalue weighted by atomic mass is 32.2. The minimum atomic E-state index is -0.778. The molecule has 0 radical (unpaired) electrons. The third kappa shape index (κ3) is 6.70. The maximum atomic E-state index is 11.1. The van der Waals surface area contributed by atoms with Crippen LogP contribution in [-0.4, -0.2) is 57.9 Å². The largest absolute Gasteiger partial charge is 0.354 e. The minimum absolute atomic E-state index is 0.158. The molecule has 0 saturated carbocycles. The summed E-state index contributed by atoms with van der Waals surface area (Å²) in [5, 5.41) is 6.42. The Labute approximate surface area is 129 Å². The van der Waals surface area contributed by atoms with Crippen molar-refractivity contribution in [3.63, 3.8) is 0 Å². The van der Waals surface area contributed by atoms with Gasteiger partial charge in [0.05, 0.1) is 0 Å². The van der Waals surface area contributed by atoms with Gasteiger partial charge in [0.2, 0.25) is 17.8 Å². The minimum Gasteiger partial charge on any atom is -0.354 e. The number of hydrogen-bond acceptors (Lipinski definition) is 7. The van der Waals surface area contributed by atoms with E-state index in [-0.39, 0.29) is 6.04 Å². The lowest BCUT2D eigenvalue weighted by molar-refractivity contribution is 0.677. The summed E-state index contributed by atoms with van der Waals surface area (Å²) < 4.78 is 11.1. The number of anilines is 3. The number of nitrogens with zero attached hydrogens (tertiary/aromatic N) is 4. The number of aromatic nitrogens is 3. The van der Waals surface area contributed by atoms with Crippen molar-refractivity contribution in [3.8, 4) is 0 Å². The van der Waals surface area contributed by atoms with Crippen molar-refractivity contribution < 1.29 is 4.21 Å². The third-order valence-electron chi connectivity index (χ3n) is 2.77. The smallest absolute Gasteiger partial charge is 0.231 e. The van der Waals surface area contributed by atoms with Crippen molar-refractivity contribution in [2.75, 3.05) is 48.2 Å². The molecule has 2 atom stereocenters. The molecule has 2 N–H and O–H groups in total. The van der Waals surface area contributed by atoms with Crippen molar-refractivity contribution in [1.29, 1.82) is 0 Å². The monoisotopic (exact) mass is 314 g/mol. The second-order valence-corrected chi connectivity index (χ2v) is 6.77. The van der Waals surface area contributed by atoms with Crippen LogP contribution < -0.4 is 15.5 Å². The second-order valence-electron chi connectivity index (χ2n) is 5.22. The molecule has 1 aromatic rings. The van der Waals surface area contributed by atoms with Crippen LogP contribution in [0, 0.1) is 0 Å². The SMILES string of the molecule is CCCNc1nc(NC(C)CCS(C)=O)nc(N(C)C)n1. The van der Waals surface area contributed by atoms with Gasteiger partial charge in [0.1, 0.15) is 0 Å². The summed E-state index contributed by atoms with van der Waals surface area (Å²) >= 11 is 0. The fraction of sp³-hybridized carbons (Fsp3) is 0.769. The van der Waals surface area contributed by atoms with Gasteiger partial charge in [-0.3, -0.25) is 4.21 Å². The van der Waals surface area contributed by atoms with Crippen LogP contribution in [0.4, 0.5) is 17.8 Å². The van der Waals surface area contributed by atoms with Gasteiger partial charge >= 0.3 is 0 Å². The molecule has 120 valence electrons. The van der Waals surface area contributed by atoms with Gasteiger partial charge in [0, 0.05) is 49.5 Å². The van der Waals surface area contributed by atoms with Crippen LogP contribution in [0.3, 0.4) is 0 Å². The summed E-state index contributed by atoms with van der Waals surface area (Å²) in [6, 6.07) is 0.158. The molecule has 1 heterocycles. The van der Waals surface area contributed by atoms with Crippen LogP contribution in [0.25, 0.3) is 0 Å². The average Bonchev–Trinajstić information content (AvgIpc) is 2.42. The maximum Gasteiger partial charge on any atom is 0.231 e. The maximum absolute atomic E-state index is 11.1. The molecular formula is C13H26N6OS. The van der Waals surface area contributed by atoms with Crippen molar-refractivity contribution in [1.82, 2.24) is 15.0 Å². The topological polar surface area (TPSA) is 83.0 Å². The van der Waals surface area contributed by atoms with Crippen LogP contribution in [0.15, 0.2) is 0 Å². The van der Waals surface area contributed by atoms with E-state index in [0.29, 0.717) is 23.6 Å². The Morgan fingerprint density at radius 2 is 1.90 bits per heavy atom. The van der Waals surface area contributed by atoms with Crippen LogP contribution >= 0.6 is 0 Å². The van der Waals surface area contributed by atoms with E-state index in [4.69, 9.17) is 0 Å². The molecular weight excluding hydrogens is 288 g/mol. The molecule has 0 aliphatic rings. The Hall–Kier alpha value is -1.44. The Bertz CT molecular complexity index is 468. The van der Waals surface area contributed by atoms with Crippen LogP contribution in [0.5, 0.6) is 0 Å². The van der Waals surface area contributed by atoms with Crippen molar-refractivity contribution in [2.24, 2.45) is 0 Å². The summed E-state index contributed by atoms with van der Waals surface area (Å²) in [6.45, 7) is 4.94. The highest BCUT2D eigenvalue weighted by Crippen LogP contribution is 2.13. The van der Waals surface area contributed by atoms with Gasteiger partial charge in [-0.25, -0.2) is 0 Å². The highest BCUT2D eigenvalue weighted by Gasteiger charge is 2.10. The number of nitrogens with one attached hydrogen (secondary N) is 2. The number of rotatable bonds is 9. The molecule has 8 heteroatoms. The Kier molecular flexibility index (Phi) is 7.35. The van der Waals surface area contributed by atoms with Crippen molar-refractivity contribution in [3.05, 3.63) is 0 Å². The van der Waals surface area contributed by atoms with E-state index in [1.807, 2.05) is 25.9 Å². The molecule has 0 aliphatic carbocycles. The first-order valence-electron chi connectivity index (χ1n) is 7.16. The summed E-state index contributed by atoms with van der Waals surface area (Å²) in [7, 11) is 3.01. The predicted molar refractivity (Wildman–Crippen MR) is 89.6 cm³/mol. The van der Waals surface area contributed by atoms with Gasteiger partial charge in [-0.1, -0.05) is 6.92 Å². The van der Waals surface area contributed by atoms with E-state index >= 15 is 0 Å². The highest BCUT2D eigenvalue weighted by molar-refractivity contribution is 7.84. The zero-order valence-electron chi connectivity index (χ0n) is 13.5. The van der Waals surface area contributed by atoms with E-state index in [0.717, 1.165) is 19.4 Å². The molecule has 2 unspecified atom stereocenters. The van der Waals surface area contributed by atoms with E-state index in [9.17, 15) is 4.21 Å². The Morgan fingerprint density at radius 1 is 1.24 bits per heavy atom. The molecule has 0 spiro atoms. The summed E-state index contributed by atoms with van der Waals surface area (Å²) in [5.74, 6) is 2.39. The Balaban J connectivity index is 2.79. The van der Waals surface area contributed by atoms with Crippen LogP contribution in [0.2, 0.25) is 0 Å². The third-order valence-corrected chi connectivity index (χ3v) is 3.58. The van der Waals surface area contributed by atoms with Gasteiger partial charge in [0.25, 0.3) is 0 Å². The van der Waals surface area contributed by atoms with Gasteiger partial charge in [-0.2, -0.15) is 15.0 Å². The van der Waals surface area contributed by atoms with Crippen molar-refractivity contribution in [2.45, 2.75) is 32.7 Å². The lowest BCUT2D eigenvalue weighted by Gasteiger charge is -2.17. The molecule has 0 bridgehead atoms. The molecule has 21 heavy (non-hydrogen) atoms. The Morgan fingerprint density at radius 3 is 2.48 bits per heavy atom. The lowest BCUT2D eigenvalue weighted by Crippen LogP contribution is -2.22. The molecule has 1 aromatic heterocycles. The average molecular weight is 314 g/mol. The normalized spacial score (nSPS) is 13.6. The van der Waals surface area contributed by atoms with Gasteiger partial charge in [-0.05, 0) is 19.8 Å². The van der Waals surface area contributed by atoms with Gasteiger partial charge in [-0.15, -0.1) is 0 Å². The van der Waals surface area contributed by atoms with E-state index < -0.39 is 10.8 Å². The fourth-order valence-corrected chi connectivity index (χ4v) is 2.27. The van der Waals surface area contributed by atoms with E-state index in [1.165, 1.54) is 0 Å². The number of hydrogen-bond donors (Lipinski definition) is 2. The zero-order chi connectivity index (χ0) is 15.8. The van der Waals surface area contributed by atoms with Crippen molar-refractivity contribution >= 4 is 28.6 Å². The fourth-order valence-electron chi connectivity index (χ4n) is 1.58. The summed E-state index contributed by atoms with van der Waals surface area (Å²) in [4.78, 5) is 15.0. The first-order chi connectivity index (χ1) is 9.92. The predicted octanol–water partition coefficient (Wildman–Crippen LogP) is 1.33. The molecule has 0 aliphatic heterocycles. The molecule has 1 rings (SSSR count). The lowest BCUT2D eigenvalue weighted by atomic mass is 10.3. The molecule has 7 nitrogen and oxygen atoms in total. The first-order valence-corrected chi connectivity index (χ1v) is 8.89. The van der Waals surface area contributed by atoms with Crippen LogP contribution in [0.1, 0.15) is 26.7 Å². The van der Waals surface area contributed by atoms with Crippen LogP contribution in [-0.2, 0) is 10.8 Å². The first kappa shape index (κ1) is 17.6. The summed E-state index contributed by atoms with van der Waals surface area (Å²) in [5.41, 5.74) is 0. The molecule has 0 aromatic carbocycles. The quantitative estimate of drug-likeness (QED) is 0.711. The van der Waals surface area contributed by atoms with E-state index in [1.54, 1.807) is 6.26 Å². The molecule has 0 saturated heterocycles. The summed E-state index contributed by atoms with van der Waals surface area (Å²) in [6.07, 6.45) is 3.53. The van der Waals surface area contributed by atoms with Gasteiger partial charge in [0.15, 0.2) is 0 Å². The second kappa shape index (κ2) is 8.76. The zero-order valence-corrected chi connectivity index (χ0v) is 14.3. The van der Waals surface area contributed by atoms with E-state index in [2.05, 4.69) is 32.5 Å². The molecule has 0 amide bonds. The molecule has 0 fully saturated rings. The van der Waals surface area contributed by atoms with Gasteiger partial charge < -0.3 is 15.5 Å².